The second kappa shape index (κ2) is 17.6. The molecule has 204 valence electrons. The van der Waals surface area contributed by atoms with Gasteiger partial charge >= 0.3 is 11.6 Å². The standard InChI is InChI=1S/C25H48O2.C7H4O2/c1-5-7-9-10-11-12-14-16-25(26)27-22(4)21(3)24-19-17-23(18-20-24)15-13-8-6-2;8-7-5-1-3-6(9-7)4-2-5/h21-24H,5-20H2,1-4H3;1-4H. The van der Waals surface area contributed by atoms with Crippen molar-refractivity contribution in [3.05, 3.63) is 34.7 Å². The first-order chi connectivity index (χ1) is 17.4. The van der Waals surface area contributed by atoms with E-state index in [1.807, 2.05) is 0 Å². The molecule has 4 heteroatoms. The monoisotopic (exact) mass is 500 g/mol. The number of esters is 1. The zero-order chi connectivity index (χ0) is 26.2. The van der Waals surface area contributed by atoms with Crippen molar-refractivity contribution < 1.29 is 13.9 Å². The molecule has 1 saturated carbocycles. The number of unbranched alkanes of at least 4 members (excludes halogenated alkanes) is 8. The lowest BCUT2D eigenvalue weighted by Crippen LogP contribution is -2.30. The molecule has 1 fully saturated rings. The molecule has 2 atom stereocenters. The molecule has 2 aromatic heterocycles. The summed E-state index contributed by atoms with van der Waals surface area (Å²) in [6, 6.07) is 7.05. The van der Waals surface area contributed by atoms with Gasteiger partial charge in [0.05, 0.1) is 5.39 Å². The molecule has 0 spiro atoms. The van der Waals surface area contributed by atoms with Gasteiger partial charge in [0.2, 0.25) is 0 Å². The van der Waals surface area contributed by atoms with Gasteiger partial charge in [-0.05, 0) is 68.2 Å². The second-order valence-electron chi connectivity index (χ2n) is 11.1. The molecule has 2 heterocycles. The van der Waals surface area contributed by atoms with E-state index >= 15 is 0 Å². The zero-order valence-corrected chi connectivity index (χ0v) is 23.6. The highest BCUT2D eigenvalue weighted by atomic mass is 16.5. The first kappa shape index (κ1) is 30.4. The summed E-state index contributed by atoms with van der Waals surface area (Å²) in [4.78, 5) is 22.8. The zero-order valence-electron chi connectivity index (χ0n) is 23.6. The average Bonchev–Trinajstić information content (AvgIpc) is 2.89. The number of fused-ring (bicyclic) bond motifs is 3. The van der Waals surface area contributed by atoms with Gasteiger partial charge < -0.3 is 9.15 Å². The van der Waals surface area contributed by atoms with Crippen LogP contribution in [0.2, 0.25) is 0 Å². The first-order valence-corrected chi connectivity index (χ1v) is 15.0. The minimum absolute atomic E-state index is 0.0242. The third kappa shape index (κ3) is 11.5. The summed E-state index contributed by atoms with van der Waals surface area (Å²) in [7, 11) is 0. The molecule has 0 radical (unpaired) electrons. The molecular weight excluding hydrogens is 448 g/mol. The van der Waals surface area contributed by atoms with Crippen molar-refractivity contribution in [2.45, 2.75) is 137 Å². The summed E-state index contributed by atoms with van der Waals surface area (Å²) in [6.07, 6.45) is 20.4. The Morgan fingerprint density at radius 3 is 1.97 bits per heavy atom. The molecule has 4 nitrogen and oxygen atoms in total. The predicted molar refractivity (Wildman–Crippen MR) is 151 cm³/mol. The van der Waals surface area contributed by atoms with E-state index < -0.39 is 0 Å². The number of hydrogen-bond acceptors (Lipinski definition) is 4. The van der Waals surface area contributed by atoms with Gasteiger partial charge in [-0.15, -0.1) is 0 Å². The fourth-order valence-corrected chi connectivity index (χ4v) is 5.49. The SMILES string of the molecule is CCCCCCCCCC(=O)OC(C)C(C)C1CCC(CCCCC)CC1.O=c1oc2ccc1cc2. The van der Waals surface area contributed by atoms with E-state index in [4.69, 9.17) is 9.15 Å². The number of carbonyl (C=O) groups is 1. The maximum Gasteiger partial charge on any atom is 0.343 e. The Hall–Kier alpha value is -1.84. The van der Waals surface area contributed by atoms with Crippen LogP contribution in [0, 0.1) is 17.8 Å². The number of carbonyl (C=O) groups excluding carboxylic acids is 1. The highest BCUT2D eigenvalue weighted by molar-refractivity contribution is 5.69. The van der Waals surface area contributed by atoms with Crippen LogP contribution >= 0.6 is 0 Å². The molecular formula is C32H52O4. The van der Waals surface area contributed by atoms with Crippen molar-refractivity contribution in [2.24, 2.45) is 17.8 Å². The average molecular weight is 501 g/mol. The van der Waals surface area contributed by atoms with Crippen LogP contribution < -0.4 is 5.63 Å². The van der Waals surface area contributed by atoms with E-state index in [0.717, 1.165) is 18.3 Å². The molecule has 1 aromatic carbocycles. The van der Waals surface area contributed by atoms with Gasteiger partial charge in [0.25, 0.3) is 0 Å². The molecule has 0 amide bonds. The van der Waals surface area contributed by atoms with Gasteiger partial charge in [-0.3, -0.25) is 4.79 Å². The maximum absolute atomic E-state index is 12.2. The molecule has 2 unspecified atom stereocenters. The fraction of sp³-hybridized carbons (Fsp3) is 0.750. The van der Waals surface area contributed by atoms with E-state index in [9.17, 15) is 9.59 Å². The van der Waals surface area contributed by atoms with E-state index in [1.165, 1.54) is 89.9 Å². The summed E-state index contributed by atoms with van der Waals surface area (Å²) in [5, 5.41) is 0.630. The van der Waals surface area contributed by atoms with E-state index in [2.05, 4.69) is 27.7 Å². The summed E-state index contributed by atoms with van der Waals surface area (Å²) in [5.41, 5.74) is 0.394. The second-order valence-corrected chi connectivity index (χ2v) is 11.1. The highest BCUT2D eigenvalue weighted by Gasteiger charge is 2.29. The normalized spacial score (nSPS) is 19.4. The molecule has 3 aromatic rings. The molecule has 4 rings (SSSR count). The van der Waals surface area contributed by atoms with Crippen LogP contribution in [0.15, 0.2) is 33.5 Å². The Morgan fingerprint density at radius 2 is 1.44 bits per heavy atom. The molecule has 0 aliphatic heterocycles. The van der Waals surface area contributed by atoms with E-state index in [1.54, 1.807) is 24.3 Å². The Morgan fingerprint density at radius 1 is 0.861 bits per heavy atom. The third-order valence-electron chi connectivity index (χ3n) is 8.19. The molecule has 1 aliphatic rings. The van der Waals surface area contributed by atoms with E-state index in [0.29, 0.717) is 23.3 Å². The van der Waals surface area contributed by atoms with Gasteiger partial charge in [0.1, 0.15) is 11.7 Å². The third-order valence-corrected chi connectivity index (χ3v) is 8.19. The van der Waals surface area contributed by atoms with Gasteiger partial charge in [0, 0.05) is 6.42 Å². The Bertz CT molecular complexity index is 844. The molecule has 0 N–H and O–H groups in total. The molecule has 0 saturated heterocycles. The summed E-state index contributed by atoms with van der Waals surface area (Å²) < 4.78 is 10.5. The van der Waals surface area contributed by atoms with Crippen LogP contribution in [0.25, 0.3) is 11.0 Å². The Kier molecular flexibility index (Phi) is 14.8. The largest absolute Gasteiger partial charge is 0.462 e. The predicted octanol–water partition coefficient (Wildman–Crippen LogP) is 9.31. The van der Waals surface area contributed by atoms with Crippen molar-refractivity contribution in [1.29, 1.82) is 0 Å². The van der Waals surface area contributed by atoms with Crippen LogP contribution in [0.5, 0.6) is 0 Å². The van der Waals surface area contributed by atoms with Gasteiger partial charge in [-0.25, -0.2) is 4.79 Å². The summed E-state index contributed by atoms with van der Waals surface area (Å²) in [6.45, 7) is 8.95. The first-order valence-electron chi connectivity index (χ1n) is 15.0. The van der Waals surface area contributed by atoms with Gasteiger partial charge in [-0.2, -0.15) is 0 Å². The minimum Gasteiger partial charge on any atom is -0.462 e. The Labute approximate surface area is 219 Å². The Balaban J connectivity index is 0.000000416. The maximum atomic E-state index is 12.2. The molecule has 2 bridgehead atoms. The topological polar surface area (TPSA) is 56.5 Å². The van der Waals surface area contributed by atoms with E-state index in [-0.39, 0.29) is 17.7 Å². The quantitative estimate of drug-likeness (QED) is 0.180. The highest BCUT2D eigenvalue weighted by Crippen LogP contribution is 2.37. The number of rotatable bonds is 15. The molecule has 36 heavy (non-hydrogen) atoms. The van der Waals surface area contributed by atoms with Crippen molar-refractivity contribution in [2.75, 3.05) is 0 Å². The van der Waals surface area contributed by atoms with Crippen LogP contribution in [-0.2, 0) is 9.53 Å². The summed E-state index contributed by atoms with van der Waals surface area (Å²) in [5.74, 6) is 2.22. The number of ether oxygens (including phenoxy) is 1. The fourth-order valence-electron chi connectivity index (χ4n) is 5.49. The van der Waals surface area contributed by atoms with Crippen LogP contribution in [-0.4, -0.2) is 12.1 Å². The van der Waals surface area contributed by atoms with Gasteiger partial charge in [-0.1, -0.05) is 97.8 Å². The number of benzene rings is 1. The smallest absolute Gasteiger partial charge is 0.343 e. The van der Waals surface area contributed by atoms with Crippen molar-refractivity contribution >= 4 is 16.9 Å². The van der Waals surface area contributed by atoms with Crippen LogP contribution in [0.1, 0.15) is 130 Å². The van der Waals surface area contributed by atoms with Crippen molar-refractivity contribution in [3.8, 4) is 0 Å². The van der Waals surface area contributed by atoms with Crippen LogP contribution in [0.3, 0.4) is 0 Å². The van der Waals surface area contributed by atoms with Crippen LogP contribution in [0.4, 0.5) is 0 Å². The summed E-state index contributed by atoms with van der Waals surface area (Å²) >= 11 is 0. The lowest BCUT2D eigenvalue weighted by molar-refractivity contribution is -0.152. The number of hydrogen-bond donors (Lipinski definition) is 0. The molecule has 1 aliphatic carbocycles. The minimum atomic E-state index is -0.241. The van der Waals surface area contributed by atoms with Crippen molar-refractivity contribution in [3.63, 3.8) is 0 Å². The lowest BCUT2D eigenvalue weighted by atomic mass is 9.73. The van der Waals surface area contributed by atoms with Crippen molar-refractivity contribution in [1.82, 2.24) is 0 Å². The lowest BCUT2D eigenvalue weighted by Gasteiger charge is -2.34. The van der Waals surface area contributed by atoms with Gasteiger partial charge in [0.15, 0.2) is 0 Å².